The lowest BCUT2D eigenvalue weighted by Gasteiger charge is -2.43. The molecular formula is C16H28N2O3. The summed E-state index contributed by atoms with van der Waals surface area (Å²) < 4.78 is 5.63. The van der Waals surface area contributed by atoms with Crippen LogP contribution < -0.4 is 5.32 Å². The van der Waals surface area contributed by atoms with Crippen LogP contribution in [0.1, 0.15) is 53.4 Å². The van der Waals surface area contributed by atoms with E-state index in [0.717, 1.165) is 25.9 Å². The summed E-state index contributed by atoms with van der Waals surface area (Å²) in [5.74, 6) is 0.0244. The predicted octanol–water partition coefficient (Wildman–Crippen LogP) is 1.71. The van der Waals surface area contributed by atoms with E-state index in [1.165, 1.54) is 0 Å². The molecule has 0 saturated carbocycles. The lowest BCUT2D eigenvalue weighted by Crippen LogP contribution is -2.66. The van der Waals surface area contributed by atoms with E-state index in [4.69, 9.17) is 4.74 Å². The van der Waals surface area contributed by atoms with Crippen LogP contribution >= 0.6 is 0 Å². The van der Waals surface area contributed by atoms with Crippen LogP contribution in [0.5, 0.6) is 0 Å². The van der Waals surface area contributed by atoms with Gasteiger partial charge in [0, 0.05) is 13.2 Å². The van der Waals surface area contributed by atoms with Crippen LogP contribution in [-0.2, 0) is 14.3 Å². The summed E-state index contributed by atoms with van der Waals surface area (Å²) in [5.41, 5.74) is -0.270. The summed E-state index contributed by atoms with van der Waals surface area (Å²) in [5, 5.41) is 2.90. The van der Waals surface area contributed by atoms with Gasteiger partial charge in [0.2, 0.25) is 11.8 Å². The third-order valence-corrected chi connectivity index (χ3v) is 4.46. The highest BCUT2D eigenvalue weighted by Crippen LogP contribution is 2.27. The Morgan fingerprint density at radius 1 is 1.33 bits per heavy atom. The minimum Gasteiger partial charge on any atom is -0.378 e. The van der Waals surface area contributed by atoms with Gasteiger partial charge in [0.05, 0.1) is 6.10 Å². The number of amides is 2. The fourth-order valence-electron chi connectivity index (χ4n) is 3.17. The molecular weight excluding hydrogens is 268 g/mol. The van der Waals surface area contributed by atoms with Gasteiger partial charge in [-0.2, -0.15) is 0 Å². The molecule has 2 heterocycles. The van der Waals surface area contributed by atoms with E-state index in [-0.39, 0.29) is 29.4 Å². The maximum absolute atomic E-state index is 12.8. The van der Waals surface area contributed by atoms with Crippen molar-refractivity contribution in [3.63, 3.8) is 0 Å². The van der Waals surface area contributed by atoms with Crippen LogP contribution in [0.4, 0.5) is 0 Å². The first-order valence-corrected chi connectivity index (χ1v) is 8.07. The van der Waals surface area contributed by atoms with Gasteiger partial charge >= 0.3 is 0 Å². The first kappa shape index (κ1) is 16.3. The Morgan fingerprint density at radius 3 is 2.57 bits per heavy atom. The molecule has 2 saturated heterocycles. The van der Waals surface area contributed by atoms with Gasteiger partial charge in [-0.05, 0) is 31.1 Å². The zero-order chi connectivity index (χ0) is 15.6. The molecule has 1 N–H and O–H groups in total. The molecule has 5 heteroatoms. The number of nitrogens with one attached hydrogen (secondary N) is 1. The van der Waals surface area contributed by atoms with Gasteiger partial charge in [-0.3, -0.25) is 9.59 Å². The Kier molecular flexibility index (Phi) is 4.91. The van der Waals surface area contributed by atoms with E-state index in [1.807, 2.05) is 27.7 Å². The van der Waals surface area contributed by atoms with E-state index < -0.39 is 6.04 Å². The second-order valence-corrected chi connectivity index (χ2v) is 7.19. The molecule has 0 aliphatic carbocycles. The maximum Gasteiger partial charge on any atom is 0.246 e. The number of hydrogen-bond donors (Lipinski definition) is 1. The number of carbonyl (C=O) groups is 2. The standard InChI is InChI=1S/C16H28N2O3/c1-5-12-14(19)17-13(16(2,3)4)15(20)18(12)9-8-11-7-6-10-21-11/h11-13H,5-10H2,1-4H3,(H,17,19). The van der Waals surface area contributed by atoms with Crippen molar-refractivity contribution >= 4 is 11.8 Å². The van der Waals surface area contributed by atoms with Crippen molar-refractivity contribution in [3.8, 4) is 0 Å². The zero-order valence-electron chi connectivity index (χ0n) is 13.6. The van der Waals surface area contributed by atoms with Gasteiger partial charge in [-0.15, -0.1) is 0 Å². The van der Waals surface area contributed by atoms with Crippen LogP contribution in [0.15, 0.2) is 0 Å². The topological polar surface area (TPSA) is 58.6 Å². The normalized spacial score (nSPS) is 30.7. The molecule has 2 aliphatic heterocycles. The summed E-state index contributed by atoms with van der Waals surface area (Å²) in [6, 6.07) is -0.769. The first-order valence-electron chi connectivity index (χ1n) is 8.07. The Bertz CT molecular complexity index is 397. The third kappa shape index (κ3) is 3.57. The molecule has 2 aliphatic rings. The Morgan fingerprint density at radius 2 is 2.05 bits per heavy atom. The molecule has 2 rings (SSSR count). The van der Waals surface area contributed by atoms with Gasteiger partial charge in [0.1, 0.15) is 12.1 Å². The molecule has 0 spiro atoms. The monoisotopic (exact) mass is 296 g/mol. The van der Waals surface area contributed by atoms with Gasteiger partial charge in [0.15, 0.2) is 0 Å². The smallest absolute Gasteiger partial charge is 0.246 e. The van der Waals surface area contributed by atoms with Crippen LogP contribution in [-0.4, -0.2) is 48.1 Å². The van der Waals surface area contributed by atoms with E-state index in [0.29, 0.717) is 13.0 Å². The Hall–Kier alpha value is -1.10. The highest BCUT2D eigenvalue weighted by Gasteiger charge is 2.44. The second kappa shape index (κ2) is 6.34. The molecule has 0 aromatic rings. The molecule has 2 amide bonds. The van der Waals surface area contributed by atoms with E-state index >= 15 is 0 Å². The van der Waals surface area contributed by atoms with Gasteiger partial charge in [0.25, 0.3) is 0 Å². The van der Waals surface area contributed by atoms with Crippen molar-refractivity contribution < 1.29 is 14.3 Å². The largest absolute Gasteiger partial charge is 0.378 e. The quantitative estimate of drug-likeness (QED) is 0.859. The number of nitrogens with zero attached hydrogens (tertiary/aromatic N) is 1. The fourth-order valence-corrected chi connectivity index (χ4v) is 3.17. The molecule has 0 radical (unpaired) electrons. The summed E-state index contributed by atoms with van der Waals surface area (Å²) in [6.07, 6.45) is 3.88. The second-order valence-electron chi connectivity index (χ2n) is 7.19. The van der Waals surface area contributed by atoms with Crippen molar-refractivity contribution in [1.82, 2.24) is 10.2 Å². The minimum atomic E-state index is -0.433. The van der Waals surface area contributed by atoms with E-state index in [9.17, 15) is 9.59 Å². The van der Waals surface area contributed by atoms with Crippen molar-refractivity contribution in [2.24, 2.45) is 5.41 Å². The molecule has 21 heavy (non-hydrogen) atoms. The highest BCUT2D eigenvalue weighted by molar-refractivity contribution is 5.97. The highest BCUT2D eigenvalue weighted by atomic mass is 16.5. The Labute approximate surface area is 127 Å². The van der Waals surface area contributed by atoms with Crippen LogP contribution in [0.3, 0.4) is 0 Å². The molecule has 0 aromatic heterocycles. The summed E-state index contributed by atoms with van der Waals surface area (Å²) in [6.45, 7) is 9.35. The number of ether oxygens (including phenoxy) is 1. The lowest BCUT2D eigenvalue weighted by atomic mass is 9.83. The predicted molar refractivity (Wildman–Crippen MR) is 80.8 cm³/mol. The van der Waals surface area contributed by atoms with E-state index in [1.54, 1.807) is 4.90 Å². The number of piperazine rings is 1. The maximum atomic E-state index is 12.8. The molecule has 3 atom stereocenters. The van der Waals surface area contributed by atoms with Crippen molar-refractivity contribution in [2.75, 3.05) is 13.2 Å². The average molecular weight is 296 g/mol. The summed E-state index contributed by atoms with van der Waals surface area (Å²) in [4.78, 5) is 26.8. The SMILES string of the molecule is CCC1C(=O)NC(C(C)(C)C)C(=O)N1CCC1CCCO1. The van der Waals surface area contributed by atoms with E-state index in [2.05, 4.69) is 5.32 Å². The molecule has 2 fully saturated rings. The number of carbonyl (C=O) groups excluding carboxylic acids is 2. The molecule has 0 aromatic carbocycles. The number of rotatable bonds is 4. The van der Waals surface area contributed by atoms with Crippen LogP contribution in [0.2, 0.25) is 0 Å². The molecule has 5 nitrogen and oxygen atoms in total. The summed E-state index contributed by atoms with van der Waals surface area (Å²) >= 11 is 0. The van der Waals surface area contributed by atoms with Crippen LogP contribution in [0.25, 0.3) is 0 Å². The van der Waals surface area contributed by atoms with Crippen molar-refractivity contribution in [3.05, 3.63) is 0 Å². The average Bonchev–Trinajstić information content (AvgIpc) is 2.91. The molecule has 0 bridgehead atoms. The third-order valence-electron chi connectivity index (χ3n) is 4.46. The van der Waals surface area contributed by atoms with Gasteiger partial charge in [-0.25, -0.2) is 0 Å². The van der Waals surface area contributed by atoms with Crippen molar-refractivity contribution in [2.45, 2.75) is 71.6 Å². The fraction of sp³-hybridized carbons (Fsp3) is 0.875. The zero-order valence-corrected chi connectivity index (χ0v) is 13.6. The van der Waals surface area contributed by atoms with Crippen molar-refractivity contribution in [1.29, 1.82) is 0 Å². The lowest BCUT2D eigenvalue weighted by molar-refractivity contribution is -0.153. The van der Waals surface area contributed by atoms with Crippen LogP contribution in [0, 0.1) is 5.41 Å². The molecule has 3 unspecified atom stereocenters. The summed E-state index contributed by atoms with van der Waals surface area (Å²) in [7, 11) is 0. The van der Waals surface area contributed by atoms with Gasteiger partial charge < -0.3 is 15.0 Å². The first-order chi connectivity index (χ1) is 9.84. The van der Waals surface area contributed by atoms with Gasteiger partial charge in [-0.1, -0.05) is 27.7 Å². The number of hydrogen-bond acceptors (Lipinski definition) is 3. The minimum absolute atomic E-state index is 0.0237. The molecule has 120 valence electrons. The Balaban J connectivity index is 2.08.